The molecule has 0 amide bonds. The smallest absolute Gasteiger partial charge is 0.168 e. The van der Waals surface area contributed by atoms with Crippen LogP contribution in [-0.4, -0.2) is 31.3 Å². The van der Waals surface area contributed by atoms with E-state index in [0.29, 0.717) is 6.54 Å². The number of Topliss-reactive ketones (excluding diaryl/α,β-unsaturated/α-hetero) is 1. The fourth-order valence-electron chi connectivity index (χ4n) is 2.40. The summed E-state index contributed by atoms with van der Waals surface area (Å²) in [5.41, 5.74) is 1.87. The summed E-state index contributed by atoms with van der Waals surface area (Å²) in [6, 6.07) is 17.7. The number of alkyl halides is 1. The molecule has 4 heteroatoms. The van der Waals surface area contributed by atoms with Gasteiger partial charge in [0, 0.05) is 16.6 Å². The molecule has 0 aliphatic rings. The van der Waals surface area contributed by atoms with Crippen LogP contribution in [-0.2, 0) is 0 Å². The minimum atomic E-state index is -0.140. The highest BCUT2D eigenvalue weighted by Crippen LogP contribution is 2.33. The second kappa shape index (κ2) is 8.04. The first kappa shape index (κ1) is 17.4. The Morgan fingerprint density at radius 1 is 1.05 bits per heavy atom. The summed E-state index contributed by atoms with van der Waals surface area (Å²) in [4.78, 5) is 15.0. The molecule has 2 nitrogen and oxygen atoms in total. The summed E-state index contributed by atoms with van der Waals surface area (Å²) in [5.74, 6) is 0.0190. The number of nitrogens with zero attached hydrogens (tertiary/aromatic N) is 1. The van der Waals surface area contributed by atoms with E-state index in [2.05, 4.69) is 48.9 Å². The maximum Gasteiger partial charge on any atom is 0.168 e. The second-order valence-corrected chi connectivity index (χ2v) is 7.45. The summed E-state index contributed by atoms with van der Waals surface area (Å²) < 4.78 is 0.978. The van der Waals surface area contributed by atoms with Crippen LogP contribution in [0.2, 0.25) is 0 Å². The highest BCUT2D eigenvalue weighted by atomic mass is 79.9. The Bertz CT molecular complexity index is 611. The van der Waals surface area contributed by atoms with Crippen molar-refractivity contribution in [3.63, 3.8) is 0 Å². The summed E-state index contributed by atoms with van der Waals surface area (Å²) >= 11 is 7.15. The molecule has 2 aromatic rings. The Kier molecular flexibility index (Phi) is 6.36. The SMILES string of the molecule is CN(C)C[C@H](C(=O)c1ccc(Br)cc1)[C@@H](Br)c1ccccc1. The molecule has 0 aromatic heterocycles. The molecule has 0 fully saturated rings. The highest BCUT2D eigenvalue weighted by Gasteiger charge is 2.29. The van der Waals surface area contributed by atoms with E-state index in [9.17, 15) is 4.79 Å². The van der Waals surface area contributed by atoms with Gasteiger partial charge in [0.25, 0.3) is 0 Å². The van der Waals surface area contributed by atoms with Crippen LogP contribution < -0.4 is 0 Å². The van der Waals surface area contributed by atoms with Crippen molar-refractivity contribution in [2.75, 3.05) is 20.6 Å². The molecule has 0 heterocycles. The Morgan fingerprint density at radius 3 is 2.18 bits per heavy atom. The zero-order valence-electron chi connectivity index (χ0n) is 12.7. The van der Waals surface area contributed by atoms with Gasteiger partial charge in [0.2, 0.25) is 0 Å². The van der Waals surface area contributed by atoms with Gasteiger partial charge in [-0.05, 0) is 31.8 Å². The lowest BCUT2D eigenvalue weighted by atomic mass is 9.90. The van der Waals surface area contributed by atoms with Gasteiger partial charge in [-0.1, -0.05) is 74.3 Å². The topological polar surface area (TPSA) is 20.3 Å². The molecule has 0 unspecified atom stereocenters. The van der Waals surface area contributed by atoms with Gasteiger partial charge in [-0.25, -0.2) is 0 Å². The molecule has 0 bridgehead atoms. The molecular weight excluding hydrogens is 406 g/mol. The van der Waals surface area contributed by atoms with Gasteiger partial charge in [0.05, 0.1) is 10.7 Å². The standard InChI is InChI=1S/C18H19Br2NO/c1-21(2)12-16(17(20)13-6-4-3-5-7-13)18(22)14-8-10-15(19)11-9-14/h3-11,16-17H,12H2,1-2H3/t16-,17-/m0/s1. The van der Waals surface area contributed by atoms with Crippen LogP contribution in [0.5, 0.6) is 0 Å². The van der Waals surface area contributed by atoms with Crippen molar-refractivity contribution in [2.45, 2.75) is 4.83 Å². The molecule has 116 valence electrons. The molecule has 22 heavy (non-hydrogen) atoms. The first-order chi connectivity index (χ1) is 10.5. The predicted molar refractivity (Wildman–Crippen MR) is 98.6 cm³/mol. The maximum absolute atomic E-state index is 12.9. The van der Waals surface area contributed by atoms with Crippen molar-refractivity contribution >= 4 is 37.6 Å². The molecule has 0 saturated carbocycles. The molecule has 0 aliphatic heterocycles. The summed E-state index contributed by atoms with van der Waals surface area (Å²) in [5, 5.41) is 0. The van der Waals surface area contributed by atoms with Crippen LogP contribution in [0.15, 0.2) is 59.1 Å². The number of halogens is 2. The van der Waals surface area contributed by atoms with Crippen molar-refractivity contribution in [2.24, 2.45) is 5.92 Å². The molecule has 0 radical (unpaired) electrons. The third-order valence-electron chi connectivity index (χ3n) is 3.50. The molecule has 2 atom stereocenters. The summed E-state index contributed by atoms with van der Waals surface area (Å²) in [6.45, 7) is 0.694. The predicted octanol–water partition coefficient (Wildman–Crippen LogP) is 4.95. The minimum absolute atomic E-state index is 0.00718. The Hall–Kier alpha value is -0.970. The fourth-order valence-corrected chi connectivity index (χ4v) is 3.38. The fraction of sp³-hybridized carbons (Fsp3) is 0.278. The Labute approximate surface area is 148 Å². The van der Waals surface area contributed by atoms with Crippen molar-refractivity contribution in [1.29, 1.82) is 0 Å². The highest BCUT2D eigenvalue weighted by molar-refractivity contribution is 9.10. The molecule has 2 aromatic carbocycles. The molecular formula is C18H19Br2NO. The van der Waals surface area contributed by atoms with Crippen LogP contribution in [0.25, 0.3) is 0 Å². The molecule has 0 saturated heterocycles. The number of carbonyl (C=O) groups is 1. The van der Waals surface area contributed by atoms with Crippen LogP contribution in [0.1, 0.15) is 20.7 Å². The van der Waals surface area contributed by atoms with Crippen LogP contribution in [0, 0.1) is 5.92 Å². The zero-order valence-corrected chi connectivity index (χ0v) is 15.8. The van der Waals surface area contributed by atoms with Crippen molar-refractivity contribution < 1.29 is 4.79 Å². The quantitative estimate of drug-likeness (QED) is 0.483. The molecule has 0 spiro atoms. The van der Waals surface area contributed by atoms with E-state index in [1.54, 1.807) is 0 Å². The lowest BCUT2D eigenvalue weighted by molar-refractivity contribution is 0.0896. The van der Waals surface area contributed by atoms with Crippen LogP contribution >= 0.6 is 31.9 Å². The van der Waals surface area contributed by atoms with E-state index in [4.69, 9.17) is 0 Å². The number of rotatable bonds is 6. The molecule has 2 rings (SSSR count). The van der Waals surface area contributed by atoms with Crippen molar-refractivity contribution in [3.05, 3.63) is 70.2 Å². The lowest BCUT2D eigenvalue weighted by Crippen LogP contribution is -2.31. The third-order valence-corrected chi connectivity index (χ3v) is 5.19. The molecule has 0 aliphatic carbocycles. The van der Waals surface area contributed by atoms with E-state index < -0.39 is 0 Å². The number of carbonyl (C=O) groups excluding carboxylic acids is 1. The average Bonchev–Trinajstić information content (AvgIpc) is 2.53. The monoisotopic (exact) mass is 423 g/mol. The van der Waals surface area contributed by atoms with Gasteiger partial charge in [-0.2, -0.15) is 0 Å². The Morgan fingerprint density at radius 2 is 1.64 bits per heavy atom. The van der Waals surface area contributed by atoms with E-state index in [0.717, 1.165) is 15.6 Å². The number of hydrogen-bond donors (Lipinski definition) is 0. The van der Waals surface area contributed by atoms with E-state index >= 15 is 0 Å². The van der Waals surface area contributed by atoms with E-state index in [1.807, 2.05) is 56.6 Å². The second-order valence-electron chi connectivity index (χ2n) is 5.55. The normalized spacial score (nSPS) is 13.9. The first-order valence-electron chi connectivity index (χ1n) is 7.12. The van der Waals surface area contributed by atoms with Gasteiger partial charge < -0.3 is 4.90 Å². The number of benzene rings is 2. The summed E-state index contributed by atoms with van der Waals surface area (Å²) in [6.07, 6.45) is 0. The van der Waals surface area contributed by atoms with Gasteiger partial charge in [-0.3, -0.25) is 4.79 Å². The lowest BCUT2D eigenvalue weighted by Gasteiger charge is -2.25. The third kappa shape index (κ3) is 4.51. The average molecular weight is 425 g/mol. The minimum Gasteiger partial charge on any atom is -0.309 e. The molecule has 0 N–H and O–H groups in total. The summed E-state index contributed by atoms with van der Waals surface area (Å²) in [7, 11) is 3.99. The number of ketones is 1. The Balaban J connectivity index is 2.29. The van der Waals surface area contributed by atoms with E-state index in [-0.39, 0.29) is 16.5 Å². The number of hydrogen-bond acceptors (Lipinski definition) is 2. The van der Waals surface area contributed by atoms with Gasteiger partial charge in [-0.15, -0.1) is 0 Å². The maximum atomic E-state index is 12.9. The largest absolute Gasteiger partial charge is 0.309 e. The van der Waals surface area contributed by atoms with Crippen LogP contribution in [0.4, 0.5) is 0 Å². The zero-order chi connectivity index (χ0) is 16.1. The van der Waals surface area contributed by atoms with Crippen LogP contribution in [0.3, 0.4) is 0 Å². The van der Waals surface area contributed by atoms with Gasteiger partial charge in [0.1, 0.15) is 0 Å². The van der Waals surface area contributed by atoms with Gasteiger partial charge >= 0.3 is 0 Å². The van der Waals surface area contributed by atoms with Gasteiger partial charge in [0.15, 0.2) is 5.78 Å². The van der Waals surface area contributed by atoms with Crippen molar-refractivity contribution in [1.82, 2.24) is 4.90 Å². The first-order valence-corrected chi connectivity index (χ1v) is 8.83. The van der Waals surface area contributed by atoms with E-state index in [1.165, 1.54) is 0 Å². The van der Waals surface area contributed by atoms with Crippen molar-refractivity contribution in [3.8, 4) is 0 Å².